The van der Waals surface area contributed by atoms with Crippen molar-refractivity contribution >= 4 is 22.5 Å². The van der Waals surface area contributed by atoms with Gasteiger partial charge in [-0.05, 0) is 80.7 Å². The summed E-state index contributed by atoms with van der Waals surface area (Å²) in [6, 6.07) is 14.1. The summed E-state index contributed by atoms with van der Waals surface area (Å²) in [6.45, 7) is 4.26. The molecule has 4 rings (SSSR count). The van der Waals surface area contributed by atoms with Crippen LogP contribution in [0.15, 0.2) is 53.3 Å². The normalized spacial score (nSPS) is 15.1. The van der Waals surface area contributed by atoms with Crippen LogP contribution in [0.2, 0.25) is 0 Å². The molecule has 8 nitrogen and oxygen atoms in total. The van der Waals surface area contributed by atoms with Crippen LogP contribution in [-0.4, -0.2) is 58.7 Å². The van der Waals surface area contributed by atoms with Crippen LogP contribution in [0.3, 0.4) is 0 Å². The number of phenolic OH excluding ortho intramolecular Hbond substituents is 1. The van der Waals surface area contributed by atoms with Crippen LogP contribution in [-0.2, 0) is 11.2 Å². The Morgan fingerprint density at radius 3 is 2.58 bits per heavy atom. The highest BCUT2D eigenvalue weighted by atomic mass is 16.3. The second-order valence-corrected chi connectivity index (χ2v) is 9.51. The molecule has 36 heavy (non-hydrogen) atoms. The molecule has 0 unspecified atom stereocenters. The Bertz CT molecular complexity index is 1200. The first kappa shape index (κ1) is 25.9. The number of benzene rings is 2. The molecule has 1 aromatic heterocycles. The number of likely N-dealkylation sites (tertiary alicyclic amines) is 1. The summed E-state index contributed by atoms with van der Waals surface area (Å²) in [5, 5.41) is 27.2. The predicted octanol–water partition coefficient (Wildman–Crippen LogP) is 3.30. The number of aromatic hydroxyl groups is 1. The Morgan fingerprint density at radius 2 is 1.81 bits per heavy atom. The number of nitrogens with one attached hydrogen (secondary N) is 3. The maximum Gasteiger partial charge on any atom is 0.248 e. The molecule has 2 aromatic carbocycles. The van der Waals surface area contributed by atoms with Crippen molar-refractivity contribution in [2.45, 2.75) is 44.6 Å². The van der Waals surface area contributed by atoms with Crippen molar-refractivity contribution in [1.29, 1.82) is 0 Å². The molecule has 1 amide bonds. The molecule has 5 N–H and O–H groups in total. The molecule has 0 spiro atoms. The number of piperidine rings is 1. The van der Waals surface area contributed by atoms with Crippen molar-refractivity contribution < 1.29 is 15.0 Å². The standard InChI is InChI=1S/C28H36N4O4/c33-24-12-10-22(23-11-13-26(35)31-28(23)24)25(34)19-29-15-14-27(36)30-21-8-6-20(7-9-21)5-4-18-32-16-2-1-3-17-32/h6-13,25,29,33-34H,1-5,14-19H2,(H,30,36)(H,31,35)/t25-/m0/s1. The van der Waals surface area contributed by atoms with E-state index in [1.54, 1.807) is 12.1 Å². The molecular weight excluding hydrogens is 456 g/mol. The van der Waals surface area contributed by atoms with E-state index in [2.05, 4.69) is 32.7 Å². The van der Waals surface area contributed by atoms with Crippen molar-refractivity contribution in [1.82, 2.24) is 15.2 Å². The fourth-order valence-corrected chi connectivity index (χ4v) is 4.77. The van der Waals surface area contributed by atoms with Gasteiger partial charge in [-0.1, -0.05) is 24.6 Å². The van der Waals surface area contributed by atoms with E-state index >= 15 is 0 Å². The Balaban J connectivity index is 1.17. The number of pyridine rings is 1. The van der Waals surface area contributed by atoms with Crippen LogP contribution in [0.4, 0.5) is 5.69 Å². The van der Waals surface area contributed by atoms with Gasteiger partial charge in [-0.3, -0.25) is 9.59 Å². The lowest BCUT2D eigenvalue weighted by atomic mass is 10.0. The van der Waals surface area contributed by atoms with Gasteiger partial charge < -0.3 is 30.7 Å². The molecule has 3 aromatic rings. The fourth-order valence-electron chi connectivity index (χ4n) is 4.77. The summed E-state index contributed by atoms with van der Waals surface area (Å²) in [7, 11) is 0. The van der Waals surface area contributed by atoms with Crippen LogP contribution in [0.1, 0.15) is 49.3 Å². The number of aryl methyl sites for hydroxylation is 1. The number of H-pyrrole nitrogens is 1. The van der Waals surface area contributed by atoms with Crippen molar-refractivity contribution in [3.8, 4) is 5.75 Å². The average Bonchev–Trinajstić information content (AvgIpc) is 2.89. The molecule has 0 bridgehead atoms. The van der Waals surface area contributed by atoms with E-state index in [0.29, 0.717) is 23.0 Å². The maximum atomic E-state index is 12.3. The number of amides is 1. The van der Waals surface area contributed by atoms with Crippen molar-refractivity contribution in [2.75, 3.05) is 38.0 Å². The van der Waals surface area contributed by atoms with Crippen LogP contribution < -0.4 is 16.2 Å². The lowest BCUT2D eigenvalue weighted by Gasteiger charge is -2.26. The van der Waals surface area contributed by atoms with E-state index in [0.717, 1.165) is 25.1 Å². The highest BCUT2D eigenvalue weighted by Crippen LogP contribution is 2.28. The lowest BCUT2D eigenvalue weighted by molar-refractivity contribution is -0.116. The minimum atomic E-state index is -0.857. The number of aliphatic hydroxyl groups excluding tert-OH is 1. The first-order valence-electron chi connectivity index (χ1n) is 12.8. The zero-order valence-corrected chi connectivity index (χ0v) is 20.6. The molecule has 0 aliphatic carbocycles. The SMILES string of the molecule is O=C(CCNC[C@H](O)c1ccc(O)c2[nH]c(=O)ccc12)Nc1ccc(CCCN2CCCCC2)cc1. The quantitative estimate of drug-likeness (QED) is 0.262. The van der Waals surface area contributed by atoms with Gasteiger partial charge in [0.25, 0.3) is 0 Å². The molecule has 0 radical (unpaired) electrons. The van der Waals surface area contributed by atoms with Gasteiger partial charge in [-0.2, -0.15) is 0 Å². The third-order valence-electron chi connectivity index (χ3n) is 6.76. The molecule has 8 heteroatoms. The highest BCUT2D eigenvalue weighted by molar-refractivity contribution is 5.90. The largest absolute Gasteiger partial charge is 0.506 e. The first-order valence-corrected chi connectivity index (χ1v) is 12.8. The van der Waals surface area contributed by atoms with Crippen LogP contribution >= 0.6 is 0 Å². The minimum absolute atomic E-state index is 0.0474. The molecule has 1 fully saturated rings. The van der Waals surface area contributed by atoms with E-state index in [4.69, 9.17) is 0 Å². The fraction of sp³-hybridized carbons (Fsp3) is 0.429. The second-order valence-electron chi connectivity index (χ2n) is 9.51. The lowest BCUT2D eigenvalue weighted by Crippen LogP contribution is -2.30. The molecule has 1 aliphatic rings. The topological polar surface area (TPSA) is 118 Å². The van der Waals surface area contributed by atoms with E-state index in [-0.39, 0.29) is 30.2 Å². The van der Waals surface area contributed by atoms with Crippen LogP contribution in [0.25, 0.3) is 10.9 Å². The number of hydrogen-bond acceptors (Lipinski definition) is 6. The summed E-state index contributed by atoms with van der Waals surface area (Å²) in [5.74, 6) is -0.142. The molecule has 192 valence electrons. The number of rotatable bonds is 11. The third kappa shape index (κ3) is 7.16. The van der Waals surface area contributed by atoms with E-state index in [9.17, 15) is 19.8 Å². The zero-order valence-electron chi connectivity index (χ0n) is 20.6. The summed E-state index contributed by atoms with van der Waals surface area (Å²) >= 11 is 0. The Kier molecular flexibility index (Phi) is 9.11. The summed E-state index contributed by atoms with van der Waals surface area (Å²) < 4.78 is 0. The molecule has 1 atom stereocenters. The van der Waals surface area contributed by atoms with Gasteiger partial charge in [0, 0.05) is 36.7 Å². The molecule has 1 saturated heterocycles. The first-order chi connectivity index (χ1) is 17.5. The van der Waals surface area contributed by atoms with Gasteiger partial charge in [0.05, 0.1) is 11.6 Å². The molecular formula is C28H36N4O4. The number of fused-ring (bicyclic) bond motifs is 1. The number of aliphatic hydroxyl groups is 1. The van der Waals surface area contributed by atoms with Gasteiger partial charge in [0.2, 0.25) is 11.5 Å². The van der Waals surface area contributed by atoms with Gasteiger partial charge in [-0.25, -0.2) is 0 Å². The van der Waals surface area contributed by atoms with Gasteiger partial charge in [0.1, 0.15) is 5.75 Å². The summed E-state index contributed by atoms with van der Waals surface area (Å²) in [4.78, 5) is 29.0. The monoisotopic (exact) mass is 492 g/mol. The van der Waals surface area contributed by atoms with Crippen LogP contribution in [0, 0.1) is 0 Å². The van der Waals surface area contributed by atoms with Crippen LogP contribution in [0.5, 0.6) is 5.75 Å². The van der Waals surface area contributed by atoms with Gasteiger partial charge in [0.15, 0.2) is 0 Å². The van der Waals surface area contributed by atoms with Crippen molar-refractivity contribution in [3.05, 3.63) is 70.0 Å². The summed E-state index contributed by atoms with van der Waals surface area (Å²) in [6.07, 6.45) is 5.62. The molecule has 1 aliphatic heterocycles. The number of carbonyl (C=O) groups is 1. The molecule has 0 saturated carbocycles. The maximum absolute atomic E-state index is 12.3. The van der Waals surface area contributed by atoms with E-state index in [1.807, 2.05) is 12.1 Å². The number of anilines is 1. The number of aromatic nitrogens is 1. The second kappa shape index (κ2) is 12.7. The van der Waals surface area contributed by atoms with Gasteiger partial charge >= 0.3 is 0 Å². The predicted molar refractivity (Wildman–Crippen MR) is 142 cm³/mol. The average molecular weight is 493 g/mol. The third-order valence-corrected chi connectivity index (χ3v) is 6.76. The smallest absolute Gasteiger partial charge is 0.248 e. The van der Waals surface area contributed by atoms with Gasteiger partial charge in [-0.15, -0.1) is 0 Å². The van der Waals surface area contributed by atoms with Crippen molar-refractivity contribution in [2.24, 2.45) is 0 Å². The summed E-state index contributed by atoms with van der Waals surface area (Å²) in [5.41, 5.74) is 2.63. The Labute approximate surface area is 211 Å². The number of aromatic amines is 1. The minimum Gasteiger partial charge on any atom is -0.506 e. The number of hydrogen-bond donors (Lipinski definition) is 5. The Hall–Kier alpha value is -3.20. The molecule has 2 heterocycles. The Morgan fingerprint density at radius 1 is 1.03 bits per heavy atom. The number of nitrogens with zero attached hydrogens (tertiary/aromatic N) is 1. The van der Waals surface area contributed by atoms with E-state index in [1.165, 1.54) is 50.0 Å². The zero-order chi connectivity index (χ0) is 25.3. The number of carbonyl (C=O) groups excluding carboxylic acids is 1. The highest BCUT2D eigenvalue weighted by Gasteiger charge is 2.14. The van der Waals surface area contributed by atoms with E-state index < -0.39 is 6.10 Å². The number of phenols is 1. The van der Waals surface area contributed by atoms with Crippen molar-refractivity contribution in [3.63, 3.8) is 0 Å².